The van der Waals surface area contributed by atoms with Crippen molar-refractivity contribution >= 4 is 17.8 Å². The minimum atomic E-state index is -4.74. The maximum atomic E-state index is 12.9. The molecule has 0 aliphatic carbocycles. The highest BCUT2D eigenvalue weighted by atomic mass is 19.4. The van der Waals surface area contributed by atoms with Gasteiger partial charge in [-0.2, -0.15) is 18.3 Å². The smallest absolute Gasteiger partial charge is 0.416 e. The monoisotopic (exact) mass is 496 g/mol. The number of nitrogens with zero attached hydrogens (tertiary/aromatic N) is 3. The number of amides is 1. The third-order valence-corrected chi connectivity index (χ3v) is 4.84. The highest BCUT2D eigenvalue weighted by molar-refractivity contribution is 5.84. The highest BCUT2D eigenvalue weighted by Gasteiger charge is 2.33. The van der Waals surface area contributed by atoms with E-state index in [2.05, 4.69) is 10.5 Å². The Morgan fingerprint density at radius 2 is 1.91 bits per heavy atom. The molecule has 188 valence electrons. The van der Waals surface area contributed by atoms with E-state index in [1.165, 1.54) is 18.3 Å². The molecule has 0 bridgehead atoms. The number of morpholine rings is 1. The van der Waals surface area contributed by atoms with Crippen LogP contribution in [0.2, 0.25) is 0 Å². The van der Waals surface area contributed by atoms with Gasteiger partial charge in [0.05, 0.1) is 43.1 Å². The summed E-state index contributed by atoms with van der Waals surface area (Å²) in [5.41, 5.74) is 0.953. The lowest BCUT2D eigenvalue weighted by Gasteiger charge is -2.25. The van der Waals surface area contributed by atoms with E-state index >= 15 is 0 Å². The first kappa shape index (κ1) is 25.9. The van der Waals surface area contributed by atoms with Crippen molar-refractivity contribution in [1.29, 1.82) is 0 Å². The van der Waals surface area contributed by atoms with Gasteiger partial charge in [0.2, 0.25) is 5.75 Å². The quantitative estimate of drug-likeness (QED) is 0.321. The van der Waals surface area contributed by atoms with Crippen molar-refractivity contribution in [2.45, 2.75) is 13.1 Å². The van der Waals surface area contributed by atoms with Crippen LogP contribution < -0.4 is 14.9 Å². The van der Waals surface area contributed by atoms with Crippen LogP contribution in [0.5, 0.6) is 17.2 Å². The Morgan fingerprint density at radius 3 is 2.57 bits per heavy atom. The molecule has 1 saturated heterocycles. The first-order chi connectivity index (χ1) is 16.7. The number of nitro groups is 1. The normalized spacial score (nSPS) is 14.6. The zero-order valence-corrected chi connectivity index (χ0v) is 18.7. The molecular weight excluding hydrogens is 473 g/mol. The number of hydrogen-bond acceptors (Lipinski definition) is 8. The minimum absolute atomic E-state index is 0.0585. The summed E-state index contributed by atoms with van der Waals surface area (Å²) in [5, 5.41) is 15.2. The highest BCUT2D eigenvalue weighted by Crippen LogP contribution is 2.40. The van der Waals surface area contributed by atoms with Gasteiger partial charge in [0.15, 0.2) is 11.5 Å². The fraction of sp³-hybridized carbons (Fsp3) is 0.364. The Labute approximate surface area is 198 Å². The summed E-state index contributed by atoms with van der Waals surface area (Å²) in [6, 6.07) is 6.50. The molecular formula is C22H23F3N4O6. The maximum Gasteiger partial charge on any atom is 0.416 e. The zero-order valence-electron chi connectivity index (χ0n) is 18.7. The Kier molecular flexibility index (Phi) is 8.60. The summed E-state index contributed by atoms with van der Waals surface area (Å²) in [6.45, 7) is 4.57. The van der Waals surface area contributed by atoms with E-state index in [-0.39, 0.29) is 36.3 Å². The van der Waals surface area contributed by atoms with Crippen molar-refractivity contribution in [2.24, 2.45) is 5.10 Å². The predicted molar refractivity (Wildman–Crippen MR) is 119 cm³/mol. The molecule has 0 unspecified atom stereocenters. The molecule has 1 aliphatic heterocycles. The standard InChI is InChI=1S/C22H23F3N4O6/c1-2-34-20-11-15(13-26-27-21(30)14-28-7-9-33-10-8-28)3-5-19(20)35-18-6-4-16(22(23,24)25)12-17(18)29(31)32/h3-6,11-13H,2,7-10,14H2,1H3,(H,27,30)/b26-13-. The number of carbonyl (C=O) groups excluding carboxylic acids is 1. The summed E-state index contributed by atoms with van der Waals surface area (Å²) in [4.78, 5) is 24.3. The molecule has 35 heavy (non-hydrogen) atoms. The predicted octanol–water partition coefficient (Wildman–Crippen LogP) is 3.59. The number of rotatable bonds is 9. The first-order valence-electron chi connectivity index (χ1n) is 10.6. The van der Waals surface area contributed by atoms with Gasteiger partial charge in [0.25, 0.3) is 5.91 Å². The van der Waals surface area contributed by atoms with Crippen LogP contribution >= 0.6 is 0 Å². The van der Waals surface area contributed by atoms with Crippen molar-refractivity contribution in [3.8, 4) is 17.2 Å². The van der Waals surface area contributed by atoms with E-state index < -0.39 is 22.4 Å². The molecule has 1 aliphatic rings. The van der Waals surface area contributed by atoms with Crippen LogP contribution in [0.3, 0.4) is 0 Å². The second-order valence-electron chi connectivity index (χ2n) is 7.36. The Balaban J connectivity index is 1.73. The van der Waals surface area contributed by atoms with Crippen molar-refractivity contribution in [1.82, 2.24) is 10.3 Å². The molecule has 1 fully saturated rings. The van der Waals surface area contributed by atoms with Gasteiger partial charge < -0.3 is 14.2 Å². The van der Waals surface area contributed by atoms with Crippen molar-refractivity contribution in [3.05, 3.63) is 57.6 Å². The first-order valence-corrected chi connectivity index (χ1v) is 10.6. The van der Waals surface area contributed by atoms with Gasteiger partial charge in [-0.3, -0.25) is 19.8 Å². The molecule has 0 aromatic heterocycles. The second kappa shape index (κ2) is 11.6. The molecule has 2 aromatic carbocycles. The third kappa shape index (κ3) is 7.39. The van der Waals surface area contributed by atoms with E-state index in [9.17, 15) is 28.1 Å². The maximum absolute atomic E-state index is 12.9. The molecule has 0 saturated carbocycles. The molecule has 0 radical (unpaired) electrons. The van der Waals surface area contributed by atoms with Crippen molar-refractivity contribution in [3.63, 3.8) is 0 Å². The Morgan fingerprint density at radius 1 is 1.20 bits per heavy atom. The van der Waals surface area contributed by atoms with Crippen LogP contribution in [0.1, 0.15) is 18.1 Å². The van der Waals surface area contributed by atoms with Gasteiger partial charge in [-0.1, -0.05) is 0 Å². The van der Waals surface area contributed by atoms with Crippen molar-refractivity contribution < 1.29 is 37.1 Å². The molecule has 0 spiro atoms. The third-order valence-electron chi connectivity index (χ3n) is 4.84. The lowest BCUT2D eigenvalue weighted by Crippen LogP contribution is -2.42. The van der Waals surface area contributed by atoms with Crippen LogP contribution in [-0.4, -0.2) is 61.4 Å². The summed E-state index contributed by atoms with van der Waals surface area (Å²) >= 11 is 0. The number of halogens is 3. The van der Waals surface area contributed by atoms with E-state index in [1.54, 1.807) is 13.0 Å². The van der Waals surface area contributed by atoms with Gasteiger partial charge in [0.1, 0.15) is 0 Å². The number of alkyl halides is 3. The average molecular weight is 496 g/mol. The van der Waals surface area contributed by atoms with Crippen LogP contribution in [0.25, 0.3) is 0 Å². The number of ether oxygens (including phenoxy) is 3. The molecule has 1 N–H and O–H groups in total. The van der Waals surface area contributed by atoms with E-state index in [1.807, 2.05) is 4.90 Å². The topological polar surface area (TPSA) is 116 Å². The Hall–Kier alpha value is -3.71. The summed E-state index contributed by atoms with van der Waals surface area (Å²) in [5.74, 6) is -0.419. The molecule has 0 atom stereocenters. The number of nitrogens with one attached hydrogen (secondary N) is 1. The zero-order chi connectivity index (χ0) is 25.4. The van der Waals surface area contributed by atoms with Gasteiger partial charge in [-0.15, -0.1) is 0 Å². The van der Waals surface area contributed by atoms with E-state index in [0.717, 1.165) is 6.07 Å². The van der Waals surface area contributed by atoms with Crippen LogP contribution in [-0.2, 0) is 15.7 Å². The van der Waals surface area contributed by atoms with E-state index in [0.29, 0.717) is 44.0 Å². The molecule has 13 heteroatoms. The summed E-state index contributed by atoms with van der Waals surface area (Å²) in [6.07, 6.45) is -3.36. The van der Waals surface area contributed by atoms with Crippen LogP contribution in [0.4, 0.5) is 18.9 Å². The van der Waals surface area contributed by atoms with Gasteiger partial charge in [-0.25, -0.2) is 5.43 Å². The summed E-state index contributed by atoms with van der Waals surface area (Å²) < 4.78 is 55.1. The number of carbonyl (C=O) groups is 1. The Bertz CT molecular complexity index is 1090. The molecule has 1 amide bonds. The van der Waals surface area contributed by atoms with Crippen molar-refractivity contribution in [2.75, 3.05) is 39.5 Å². The largest absolute Gasteiger partial charge is 0.490 e. The van der Waals surface area contributed by atoms with Crippen LogP contribution in [0, 0.1) is 10.1 Å². The molecule has 2 aromatic rings. The number of hydrogen-bond donors (Lipinski definition) is 1. The SMILES string of the molecule is CCOc1cc(/C=N\NC(=O)CN2CCOCC2)ccc1Oc1ccc(C(F)(F)F)cc1[N+](=O)[O-]. The second-order valence-corrected chi connectivity index (χ2v) is 7.36. The van der Waals surface area contributed by atoms with Gasteiger partial charge in [0, 0.05) is 19.2 Å². The average Bonchev–Trinajstić information content (AvgIpc) is 2.81. The van der Waals surface area contributed by atoms with Gasteiger partial charge >= 0.3 is 11.9 Å². The fourth-order valence-corrected chi connectivity index (χ4v) is 3.18. The lowest BCUT2D eigenvalue weighted by molar-refractivity contribution is -0.385. The molecule has 1 heterocycles. The molecule has 3 rings (SSSR count). The molecule has 10 nitrogen and oxygen atoms in total. The fourth-order valence-electron chi connectivity index (χ4n) is 3.18. The minimum Gasteiger partial charge on any atom is -0.490 e. The summed E-state index contributed by atoms with van der Waals surface area (Å²) in [7, 11) is 0. The number of benzene rings is 2. The lowest BCUT2D eigenvalue weighted by atomic mass is 10.1. The number of hydrazone groups is 1. The van der Waals surface area contributed by atoms with Gasteiger partial charge in [-0.05, 0) is 42.8 Å². The number of nitro benzene ring substituents is 1. The van der Waals surface area contributed by atoms with E-state index in [4.69, 9.17) is 14.2 Å². The van der Waals surface area contributed by atoms with Crippen LogP contribution in [0.15, 0.2) is 41.5 Å².